The number of rotatable bonds is 1. The van der Waals surface area contributed by atoms with Crippen LogP contribution in [-0.4, -0.2) is 0 Å². The number of aryl methyl sites for hydroxylation is 3. The molecule has 0 N–H and O–H groups in total. The van der Waals surface area contributed by atoms with Crippen LogP contribution in [0, 0.1) is 20.8 Å². The van der Waals surface area contributed by atoms with Crippen LogP contribution >= 0.6 is 0 Å². The molecule has 1 nitrogen and oxygen atoms in total. The Balaban J connectivity index is 1.95. The summed E-state index contributed by atoms with van der Waals surface area (Å²) < 4.78 is 6.01. The Bertz CT molecular complexity index is 906. The zero-order valence-electron chi connectivity index (χ0n) is 13.8. The first-order valence-corrected chi connectivity index (χ1v) is 8.07. The van der Waals surface area contributed by atoms with E-state index in [1.165, 1.54) is 44.5 Å². The zero-order chi connectivity index (χ0) is 16.0. The Labute approximate surface area is 137 Å². The summed E-state index contributed by atoms with van der Waals surface area (Å²) in [5, 5.41) is 0. The Morgan fingerprint density at radius 1 is 0.696 bits per heavy atom. The fraction of sp³-hybridized carbons (Fsp3) is 0.182. The van der Waals surface area contributed by atoms with E-state index in [0.29, 0.717) is 6.61 Å². The highest BCUT2D eigenvalue weighted by molar-refractivity contribution is 5.83. The molecule has 0 aromatic heterocycles. The van der Waals surface area contributed by atoms with Crippen molar-refractivity contribution in [3.63, 3.8) is 0 Å². The highest BCUT2D eigenvalue weighted by Gasteiger charge is 2.19. The molecule has 0 fully saturated rings. The second-order valence-corrected chi connectivity index (χ2v) is 6.43. The lowest BCUT2D eigenvalue weighted by atomic mass is 9.89. The number of fused-ring (bicyclic) bond motifs is 3. The van der Waals surface area contributed by atoms with Gasteiger partial charge in [-0.05, 0) is 66.3 Å². The molecule has 1 heterocycles. The van der Waals surface area contributed by atoms with Crippen molar-refractivity contribution in [2.75, 3.05) is 0 Å². The van der Waals surface area contributed by atoms with Gasteiger partial charge in [-0.2, -0.15) is 0 Å². The maximum atomic E-state index is 6.01. The van der Waals surface area contributed by atoms with Crippen LogP contribution in [0.4, 0.5) is 0 Å². The fourth-order valence-corrected chi connectivity index (χ4v) is 3.44. The van der Waals surface area contributed by atoms with E-state index >= 15 is 0 Å². The third-order valence-corrected chi connectivity index (χ3v) is 4.70. The van der Waals surface area contributed by atoms with Gasteiger partial charge in [0.1, 0.15) is 12.4 Å². The number of benzene rings is 3. The van der Waals surface area contributed by atoms with Crippen molar-refractivity contribution in [2.24, 2.45) is 0 Å². The average Bonchev–Trinajstić information content (AvgIpc) is 2.54. The fourth-order valence-electron chi connectivity index (χ4n) is 3.44. The van der Waals surface area contributed by atoms with Crippen LogP contribution in [-0.2, 0) is 6.61 Å². The third-order valence-electron chi connectivity index (χ3n) is 4.70. The first-order valence-electron chi connectivity index (χ1n) is 8.07. The average molecular weight is 300 g/mol. The summed E-state index contributed by atoms with van der Waals surface area (Å²) in [5.41, 5.74) is 10.2. The van der Waals surface area contributed by atoms with Crippen molar-refractivity contribution < 1.29 is 4.74 Å². The summed E-state index contributed by atoms with van der Waals surface area (Å²) in [6.07, 6.45) is 0. The lowest BCUT2D eigenvalue weighted by Gasteiger charge is -2.23. The zero-order valence-corrected chi connectivity index (χ0v) is 13.8. The third kappa shape index (κ3) is 2.33. The molecular weight excluding hydrogens is 280 g/mol. The van der Waals surface area contributed by atoms with Gasteiger partial charge in [0.25, 0.3) is 0 Å². The van der Waals surface area contributed by atoms with Gasteiger partial charge in [-0.3, -0.25) is 0 Å². The minimum atomic E-state index is 0.660. The predicted octanol–water partition coefficient (Wildman–Crippen LogP) is 5.84. The van der Waals surface area contributed by atoms with Crippen LogP contribution in [0.15, 0.2) is 54.6 Å². The normalized spacial score (nSPS) is 12.3. The minimum absolute atomic E-state index is 0.660. The van der Waals surface area contributed by atoms with E-state index in [4.69, 9.17) is 4.74 Å². The van der Waals surface area contributed by atoms with Gasteiger partial charge in [0.05, 0.1) is 0 Å². The quantitative estimate of drug-likeness (QED) is 0.548. The van der Waals surface area contributed by atoms with Gasteiger partial charge < -0.3 is 4.74 Å². The molecule has 114 valence electrons. The molecule has 3 aromatic rings. The van der Waals surface area contributed by atoms with E-state index < -0.39 is 0 Å². The molecule has 0 unspecified atom stereocenters. The summed E-state index contributed by atoms with van der Waals surface area (Å²) in [6, 6.07) is 19.7. The summed E-state index contributed by atoms with van der Waals surface area (Å²) >= 11 is 0. The summed E-state index contributed by atoms with van der Waals surface area (Å²) in [5.74, 6) is 0.996. The monoisotopic (exact) mass is 300 g/mol. The molecule has 4 rings (SSSR count). The van der Waals surface area contributed by atoms with E-state index in [9.17, 15) is 0 Å². The second-order valence-electron chi connectivity index (χ2n) is 6.43. The van der Waals surface area contributed by atoms with Crippen molar-refractivity contribution >= 4 is 0 Å². The topological polar surface area (TPSA) is 9.23 Å². The van der Waals surface area contributed by atoms with Gasteiger partial charge in [-0.1, -0.05) is 48.0 Å². The lowest BCUT2D eigenvalue weighted by molar-refractivity contribution is 0.302. The smallest absolute Gasteiger partial charge is 0.127 e. The van der Waals surface area contributed by atoms with Gasteiger partial charge in [-0.25, -0.2) is 0 Å². The van der Waals surface area contributed by atoms with Crippen LogP contribution < -0.4 is 4.74 Å². The van der Waals surface area contributed by atoms with Gasteiger partial charge in [0.2, 0.25) is 0 Å². The minimum Gasteiger partial charge on any atom is -0.488 e. The Morgan fingerprint density at radius 3 is 2.35 bits per heavy atom. The highest BCUT2D eigenvalue weighted by Crippen LogP contribution is 2.42. The van der Waals surface area contributed by atoms with Crippen molar-refractivity contribution in [1.29, 1.82) is 0 Å². The molecule has 0 saturated carbocycles. The number of hydrogen-bond donors (Lipinski definition) is 0. The molecule has 3 aromatic carbocycles. The first-order chi connectivity index (χ1) is 11.1. The van der Waals surface area contributed by atoms with Crippen LogP contribution in [0.3, 0.4) is 0 Å². The van der Waals surface area contributed by atoms with Crippen LogP contribution in [0.2, 0.25) is 0 Å². The lowest BCUT2D eigenvalue weighted by Crippen LogP contribution is -2.06. The maximum absolute atomic E-state index is 6.01. The van der Waals surface area contributed by atoms with Crippen LogP contribution in [0.5, 0.6) is 5.75 Å². The molecule has 0 spiro atoms. The van der Waals surface area contributed by atoms with Crippen molar-refractivity contribution in [3.8, 4) is 28.0 Å². The van der Waals surface area contributed by atoms with Crippen molar-refractivity contribution in [1.82, 2.24) is 0 Å². The summed E-state index contributed by atoms with van der Waals surface area (Å²) in [7, 11) is 0. The standard InChI is InChI=1S/C22H20O/c1-14-8-9-19-17(10-14)13-23-22-11-16(3)20(12-21(19)22)18-7-5-4-6-15(18)2/h4-12H,13H2,1-3H3. The molecule has 0 amide bonds. The molecule has 0 radical (unpaired) electrons. The Hall–Kier alpha value is -2.54. The number of ether oxygens (including phenoxy) is 1. The Morgan fingerprint density at radius 2 is 1.52 bits per heavy atom. The molecule has 23 heavy (non-hydrogen) atoms. The van der Waals surface area contributed by atoms with E-state index in [2.05, 4.69) is 75.4 Å². The molecule has 1 aliphatic heterocycles. The molecule has 0 saturated heterocycles. The molecular formula is C22H20O. The number of hydrogen-bond acceptors (Lipinski definition) is 1. The van der Waals surface area contributed by atoms with Crippen molar-refractivity contribution in [2.45, 2.75) is 27.4 Å². The van der Waals surface area contributed by atoms with Crippen LogP contribution in [0.1, 0.15) is 22.3 Å². The molecule has 1 heteroatoms. The van der Waals surface area contributed by atoms with Gasteiger partial charge in [-0.15, -0.1) is 0 Å². The first kappa shape index (κ1) is 14.1. The summed E-state index contributed by atoms with van der Waals surface area (Å²) in [4.78, 5) is 0. The maximum Gasteiger partial charge on any atom is 0.127 e. The summed E-state index contributed by atoms with van der Waals surface area (Å²) in [6.45, 7) is 7.12. The van der Waals surface area contributed by atoms with E-state index in [1.807, 2.05) is 0 Å². The van der Waals surface area contributed by atoms with Gasteiger partial charge >= 0.3 is 0 Å². The largest absolute Gasteiger partial charge is 0.488 e. The van der Waals surface area contributed by atoms with Gasteiger partial charge in [0, 0.05) is 5.56 Å². The van der Waals surface area contributed by atoms with E-state index in [-0.39, 0.29) is 0 Å². The second kappa shape index (κ2) is 5.27. The SMILES string of the molecule is Cc1ccc2c(c1)COc1cc(C)c(-c3ccccc3C)cc1-2. The molecule has 0 bridgehead atoms. The Kier molecular flexibility index (Phi) is 3.23. The van der Waals surface area contributed by atoms with Crippen LogP contribution in [0.25, 0.3) is 22.3 Å². The highest BCUT2D eigenvalue weighted by atomic mass is 16.5. The van der Waals surface area contributed by atoms with E-state index in [1.54, 1.807) is 0 Å². The molecule has 1 aliphatic rings. The molecule has 0 aliphatic carbocycles. The van der Waals surface area contributed by atoms with Crippen molar-refractivity contribution in [3.05, 3.63) is 76.9 Å². The predicted molar refractivity (Wildman–Crippen MR) is 95.9 cm³/mol. The van der Waals surface area contributed by atoms with Gasteiger partial charge in [0.15, 0.2) is 0 Å². The molecule has 0 atom stereocenters. The van der Waals surface area contributed by atoms with E-state index in [0.717, 1.165) is 5.75 Å².